The Morgan fingerprint density at radius 1 is 1.56 bits per heavy atom. The van der Waals surface area contributed by atoms with Crippen molar-refractivity contribution in [3.8, 4) is 6.07 Å². The molecule has 2 atom stereocenters. The molecule has 4 heteroatoms. The fourth-order valence-corrected chi connectivity index (χ4v) is 2.43. The van der Waals surface area contributed by atoms with E-state index in [-0.39, 0.29) is 11.9 Å². The van der Waals surface area contributed by atoms with Crippen LogP contribution in [0, 0.1) is 17.1 Å². The molecule has 0 aliphatic carbocycles. The molecule has 0 N–H and O–H groups in total. The first-order valence-corrected chi connectivity index (χ1v) is 6.12. The predicted octanol–water partition coefficient (Wildman–Crippen LogP) is 2.31. The molecule has 1 heterocycles. The topological polar surface area (TPSA) is 36.3 Å². The summed E-state index contributed by atoms with van der Waals surface area (Å²) in [5.74, 6) is -0.313. The highest BCUT2D eigenvalue weighted by Crippen LogP contribution is 2.21. The van der Waals surface area contributed by atoms with Crippen molar-refractivity contribution in [2.45, 2.75) is 32.0 Å². The van der Waals surface area contributed by atoms with E-state index in [4.69, 9.17) is 10.00 Å². The Morgan fingerprint density at radius 2 is 2.33 bits per heavy atom. The molecule has 0 bridgehead atoms. The molecule has 18 heavy (non-hydrogen) atoms. The quantitative estimate of drug-likeness (QED) is 0.823. The zero-order valence-corrected chi connectivity index (χ0v) is 10.7. The van der Waals surface area contributed by atoms with Gasteiger partial charge < -0.3 is 4.74 Å². The van der Waals surface area contributed by atoms with E-state index in [9.17, 15) is 4.39 Å². The van der Waals surface area contributed by atoms with Crippen LogP contribution < -0.4 is 0 Å². The number of likely N-dealkylation sites (N-methyl/N-ethyl adjacent to an activating group) is 1. The highest BCUT2D eigenvalue weighted by molar-refractivity contribution is 5.32. The van der Waals surface area contributed by atoms with Crippen molar-refractivity contribution in [3.63, 3.8) is 0 Å². The van der Waals surface area contributed by atoms with Gasteiger partial charge in [0.15, 0.2) is 0 Å². The summed E-state index contributed by atoms with van der Waals surface area (Å²) >= 11 is 0. The molecule has 1 saturated heterocycles. The van der Waals surface area contributed by atoms with Crippen molar-refractivity contribution in [1.29, 1.82) is 5.26 Å². The lowest BCUT2D eigenvalue weighted by Crippen LogP contribution is -2.36. The summed E-state index contributed by atoms with van der Waals surface area (Å²) < 4.78 is 19.3. The Labute approximate surface area is 107 Å². The van der Waals surface area contributed by atoms with Gasteiger partial charge in [-0.15, -0.1) is 0 Å². The van der Waals surface area contributed by atoms with E-state index in [0.717, 1.165) is 13.0 Å². The molecule has 1 aromatic rings. The number of benzene rings is 1. The van der Waals surface area contributed by atoms with Crippen molar-refractivity contribution in [2.24, 2.45) is 0 Å². The summed E-state index contributed by atoms with van der Waals surface area (Å²) in [6.45, 7) is 3.35. The summed E-state index contributed by atoms with van der Waals surface area (Å²) in [5, 5.41) is 8.70. The van der Waals surface area contributed by atoms with E-state index < -0.39 is 0 Å². The first-order valence-electron chi connectivity index (χ1n) is 6.12. The van der Waals surface area contributed by atoms with Crippen LogP contribution in [-0.2, 0) is 11.3 Å². The van der Waals surface area contributed by atoms with Gasteiger partial charge in [-0.3, -0.25) is 4.90 Å². The van der Waals surface area contributed by atoms with Crippen LogP contribution in [0.3, 0.4) is 0 Å². The highest BCUT2D eigenvalue weighted by Gasteiger charge is 2.28. The van der Waals surface area contributed by atoms with Crippen LogP contribution in [-0.4, -0.2) is 30.7 Å². The number of nitriles is 1. The highest BCUT2D eigenvalue weighted by atomic mass is 19.1. The molecular formula is C14H17FN2O. The normalized spacial score (nSPS) is 23.3. The maximum atomic E-state index is 13.8. The Morgan fingerprint density at radius 3 is 2.89 bits per heavy atom. The number of hydrogen-bond donors (Lipinski definition) is 0. The number of nitrogens with zero attached hydrogens (tertiary/aromatic N) is 2. The lowest BCUT2D eigenvalue weighted by Gasteiger charge is -2.26. The van der Waals surface area contributed by atoms with Crippen molar-refractivity contribution in [3.05, 3.63) is 35.1 Å². The van der Waals surface area contributed by atoms with Crippen LogP contribution in [0.5, 0.6) is 0 Å². The third kappa shape index (κ3) is 2.69. The number of hydrogen-bond acceptors (Lipinski definition) is 3. The molecule has 2 rings (SSSR count). The Balaban J connectivity index is 2.07. The number of halogens is 1. The van der Waals surface area contributed by atoms with Gasteiger partial charge in [-0.1, -0.05) is 6.07 Å². The molecule has 0 amide bonds. The van der Waals surface area contributed by atoms with Gasteiger partial charge >= 0.3 is 0 Å². The lowest BCUT2D eigenvalue weighted by atomic mass is 10.1. The van der Waals surface area contributed by atoms with Gasteiger partial charge in [0.25, 0.3) is 0 Å². The van der Waals surface area contributed by atoms with E-state index >= 15 is 0 Å². The second-order valence-corrected chi connectivity index (χ2v) is 4.77. The van der Waals surface area contributed by atoms with Crippen LogP contribution >= 0.6 is 0 Å². The van der Waals surface area contributed by atoms with Crippen molar-refractivity contribution < 1.29 is 9.13 Å². The van der Waals surface area contributed by atoms with Gasteiger partial charge in [0, 0.05) is 24.8 Å². The molecule has 1 aliphatic heterocycles. The van der Waals surface area contributed by atoms with Crippen molar-refractivity contribution >= 4 is 0 Å². The average molecular weight is 248 g/mol. The molecular weight excluding hydrogens is 231 g/mol. The first kappa shape index (κ1) is 13.0. The van der Waals surface area contributed by atoms with Gasteiger partial charge in [0.05, 0.1) is 17.7 Å². The van der Waals surface area contributed by atoms with Gasteiger partial charge in [-0.2, -0.15) is 5.26 Å². The monoisotopic (exact) mass is 248 g/mol. The van der Waals surface area contributed by atoms with Crippen LogP contribution in [0.15, 0.2) is 18.2 Å². The minimum atomic E-state index is -0.313. The predicted molar refractivity (Wildman–Crippen MR) is 66.4 cm³/mol. The van der Waals surface area contributed by atoms with E-state index in [2.05, 4.69) is 4.90 Å². The van der Waals surface area contributed by atoms with Gasteiger partial charge in [0.1, 0.15) is 5.82 Å². The van der Waals surface area contributed by atoms with Gasteiger partial charge in [0.2, 0.25) is 0 Å². The average Bonchev–Trinajstić information content (AvgIpc) is 2.78. The van der Waals surface area contributed by atoms with Crippen LogP contribution in [0.4, 0.5) is 4.39 Å². The fourth-order valence-electron chi connectivity index (χ4n) is 2.43. The standard InChI is InChI=1S/C14H17FN2O/c1-10-14(5-6-18-10)17(2)9-12-4-3-11(8-16)7-13(12)15/h3-4,7,10,14H,5-6,9H2,1-2H3. The largest absolute Gasteiger partial charge is 0.377 e. The molecule has 0 saturated carbocycles. The minimum absolute atomic E-state index is 0.191. The van der Waals surface area contributed by atoms with Gasteiger partial charge in [-0.25, -0.2) is 4.39 Å². The summed E-state index contributed by atoms with van der Waals surface area (Å²) in [4.78, 5) is 2.11. The maximum absolute atomic E-state index is 13.8. The van der Waals surface area contributed by atoms with E-state index in [0.29, 0.717) is 23.7 Å². The molecule has 1 aromatic carbocycles. The fraction of sp³-hybridized carbons (Fsp3) is 0.500. The second kappa shape index (κ2) is 5.47. The Kier molecular flexibility index (Phi) is 3.95. The third-order valence-electron chi connectivity index (χ3n) is 3.50. The number of ether oxygens (including phenoxy) is 1. The maximum Gasteiger partial charge on any atom is 0.129 e. The lowest BCUT2D eigenvalue weighted by molar-refractivity contribution is 0.0811. The first-order chi connectivity index (χ1) is 8.61. The molecule has 1 aliphatic rings. The van der Waals surface area contributed by atoms with Crippen LogP contribution in [0.2, 0.25) is 0 Å². The molecule has 3 nitrogen and oxygen atoms in total. The molecule has 0 spiro atoms. The smallest absolute Gasteiger partial charge is 0.129 e. The van der Waals surface area contributed by atoms with E-state index in [1.807, 2.05) is 20.0 Å². The molecule has 0 aromatic heterocycles. The molecule has 2 unspecified atom stereocenters. The zero-order chi connectivity index (χ0) is 13.1. The molecule has 1 fully saturated rings. The summed E-state index contributed by atoms with van der Waals surface area (Å²) in [6, 6.07) is 6.90. The van der Waals surface area contributed by atoms with Crippen LogP contribution in [0.25, 0.3) is 0 Å². The zero-order valence-electron chi connectivity index (χ0n) is 10.7. The third-order valence-corrected chi connectivity index (χ3v) is 3.50. The molecule has 0 radical (unpaired) electrons. The Hall–Kier alpha value is -1.44. The molecule has 96 valence electrons. The van der Waals surface area contributed by atoms with E-state index in [1.165, 1.54) is 6.07 Å². The second-order valence-electron chi connectivity index (χ2n) is 4.77. The number of rotatable bonds is 3. The van der Waals surface area contributed by atoms with Crippen LogP contribution in [0.1, 0.15) is 24.5 Å². The van der Waals surface area contributed by atoms with Gasteiger partial charge in [-0.05, 0) is 32.5 Å². The minimum Gasteiger partial charge on any atom is -0.377 e. The summed E-state index contributed by atoms with van der Waals surface area (Å²) in [6.07, 6.45) is 1.17. The van der Waals surface area contributed by atoms with E-state index in [1.54, 1.807) is 12.1 Å². The Bertz CT molecular complexity index is 469. The SMILES string of the molecule is CC1OCCC1N(C)Cc1ccc(C#N)cc1F. The summed E-state index contributed by atoms with van der Waals surface area (Å²) in [5.41, 5.74) is 0.979. The van der Waals surface area contributed by atoms with Crippen molar-refractivity contribution in [2.75, 3.05) is 13.7 Å². The van der Waals surface area contributed by atoms with Crippen molar-refractivity contribution in [1.82, 2.24) is 4.90 Å². The summed E-state index contributed by atoms with van der Waals surface area (Å²) in [7, 11) is 1.98.